The van der Waals surface area contributed by atoms with Crippen LogP contribution in [0.1, 0.15) is 42.9 Å². The molecule has 2 rings (SSSR count). The van der Waals surface area contributed by atoms with Crippen molar-refractivity contribution in [3.05, 3.63) is 51.6 Å². The summed E-state index contributed by atoms with van der Waals surface area (Å²) in [6.07, 6.45) is 3.30. The Hall–Kier alpha value is -3.16. The molecular weight excluding hydrogens is 613 g/mol. The first-order valence-electron chi connectivity index (χ1n) is 14.4. The fraction of sp³-hybridized carbons (Fsp3) is 0.533. The molecule has 1 unspecified atom stereocenters. The molecule has 44 heavy (non-hydrogen) atoms. The summed E-state index contributed by atoms with van der Waals surface area (Å²) in [6.45, 7) is 4.71. The van der Waals surface area contributed by atoms with Crippen molar-refractivity contribution in [2.24, 2.45) is 5.73 Å². The number of unbranched alkanes of at least 4 members (excludes halogenated alkanes) is 1. The molecule has 14 heteroatoms. The number of rotatable bonds is 21. The van der Waals surface area contributed by atoms with Gasteiger partial charge in [-0.15, -0.1) is 0 Å². The highest BCUT2D eigenvalue weighted by Gasteiger charge is 2.22. The maximum atomic E-state index is 12.7. The van der Waals surface area contributed by atoms with Crippen molar-refractivity contribution in [1.29, 1.82) is 0 Å². The number of aryl methyl sites for hydroxylation is 1. The Morgan fingerprint density at radius 2 is 1.68 bits per heavy atom. The molecule has 0 saturated carbocycles. The highest BCUT2D eigenvalue weighted by Crippen LogP contribution is 2.36. The number of halogens is 2. The van der Waals surface area contributed by atoms with Crippen molar-refractivity contribution in [1.82, 2.24) is 15.6 Å². The molecule has 1 aromatic carbocycles. The van der Waals surface area contributed by atoms with Crippen molar-refractivity contribution in [2.45, 2.75) is 38.6 Å². The van der Waals surface area contributed by atoms with E-state index < -0.39 is 17.9 Å². The number of esters is 1. The zero-order valence-electron chi connectivity index (χ0n) is 25.5. The molecule has 0 bridgehead atoms. The van der Waals surface area contributed by atoms with E-state index in [0.29, 0.717) is 38.3 Å². The van der Waals surface area contributed by atoms with Gasteiger partial charge in [0.15, 0.2) is 5.75 Å². The molecule has 0 spiro atoms. The molecule has 1 heterocycles. The minimum absolute atomic E-state index is 0.174. The second kappa shape index (κ2) is 20.7. The average Bonchev–Trinajstić information content (AvgIpc) is 3.00. The molecule has 12 nitrogen and oxygen atoms in total. The summed E-state index contributed by atoms with van der Waals surface area (Å²) in [5.41, 5.74) is 6.96. The predicted octanol–water partition coefficient (Wildman–Crippen LogP) is 3.21. The zero-order valence-corrected chi connectivity index (χ0v) is 27.0. The number of nitrogens with two attached hydrogens (primary N) is 1. The molecule has 0 fully saturated rings. The molecule has 0 aliphatic heterocycles. The third kappa shape index (κ3) is 14.1. The Bertz CT molecular complexity index is 1180. The number of carbonyl (C=O) groups is 3. The molecule has 0 radical (unpaired) electrons. The van der Waals surface area contributed by atoms with Gasteiger partial charge in [-0.05, 0) is 55.2 Å². The van der Waals surface area contributed by atoms with Gasteiger partial charge in [0.05, 0.1) is 62.6 Å². The summed E-state index contributed by atoms with van der Waals surface area (Å²) in [6, 6.07) is 6.25. The number of methoxy groups -OCH3 is 1. The van der Waals surface area contributed by atoms with E-state index in [-0.39, 0.29) is 54.3 Å². The first kappa shape index (κ1) is 37.0. The molecular formula is C30H43Cl2N5O7. The molecule has 2 aromatic rings. The van der Waals surface area contributed by atoms with E-state index in [4.69, 9.17) is 47.9 Å². The molecule has 244 valence electrons. The van der Waals surface area contributed by atoms with Crippen LogP contribution >= 0.6 is 23.2 Å². The number of hydrogen-bond donors (Lipinski definition) is 3. The largest absolute Gasteiger partial charge is 0.488 e. The normalized spacial score (nSPS) is 11.5. The van der Waals surface area contributed by atoms with Crippen molar-refractivity contribution >= 4 is 46.8 Å². The number of pyridine rings is 1. The van der Waals surface area contributed by atoms with E-state index in [2.05, 4.69) is 15.6 Å². The molecule has 1 atom stereocenters. The number of hydrogen-bond acceptors (Lipinski definition) is 10. The molecule has 0 aliphatic carbocycles. The number of benzene rings is 1. The number of amides is 2. The van der Waals surface area contributed by atoms with Crippen LogP contribution in [-0.4, -0.2) is 89.6 Å². The van der Waals surface area contributed by atoms with Crippen LogP contribution in [0.15, 0.2) is 30.5 Å². The van der Waals surface area contributed by atoms with E-state index in [9.17, 15) is 14.4 Å². The number of nitrogens with one attached hydrogen (secondary N) is 2. The van der Waals surface area contributed by atoms with E-state index in [1.807, 2.05) is 31.0 Å². The van der Waals surface area contributed by atoms with Crippen molar-refractivity contribution in [3.63, 3.8) is 0 Å². The van der Waals surface area contributed by atoms with Gasteiger partial charge in [0, 0.05) is 32.8 Å². The van der Waals surface area contributed by atoms with E-state index >= 15 is 0 Å². The molecule has 2 amide bonds. The van der Waals surface area contributed by atoms with Crippen LogP contribution < -0.4 is 26.0 Å². The lowest BCUT2D eigenvalue weighted by Crippen LogP contribution is -2.39. The Labute approximate surface area is 268 Å². The lowest BCUT2D eigenvalue weighted by molar-refractivity contribution is -0.141. The smallest absolute Gasteiger partial charge is 0.307 e. The Balaban J connectivity index is 1.83. The average molecular weight is 657 g/mol. The molecule has 1 aromatic heterocycles. The molecule has 0 saturated heterocycles. The highest BCUT2D eigenvalue weighted by molar-refractivity contribution is 6.37. The summed E-state index contributed by atoms with van der Waals surface area (Å²) in [7, 11) is 3.21. The van der Waals surface area contributed by atoms with Crippen LogP contribution in [0, 0.1) is 6.92 Å². The summed E-state index contributed by atoms with van der Waals surface area (Å²) in [4.78, 5) is 43.5. The third-order valence-electron chi connectivity index (χ3n) is 6.35. The summed E-state index contributed by atoms with van der Waals surface area (Å²) in [5, 5.41) is 5.76. The topological polar surface area (TPSA) is 154 Å². The maximum absolute atomic E-state index is 12.7. The van der Waals surface area contributed by atoms with Gasteiger partial charge >= 0.3 is 5.97 Å². The minimum Gasteiger partial charge on any atom is -0.488 e. The van der Waals surface area contributed by atoms with Gasteiger partial charge in [0.25, 0.3) is 0 Å². The number of aromatic nitrogens is 1. The number of carbonyl (C=O) groups excluding carboxylic acids is 3. The first-order chi connectivity index (χ1) is 21.1. The second-order valence-corrected chi connectivity index (χ2v) is 10.7. The fourth-order valence-electron chi connectivity index (χ4n) is 4.02. The van der Waals surface area contributed by atoms with Crippen molar-refractivity contribution < 1.29 is 33.3 Å². The fourth-order valence-corrected chi connectivity index (χ4v) is 4.63. The van der Waals surface area contributed by atoms with Crippen LogP contribution in [0.5, 0.6) is 5.75 Å². The monoisotopic (exact) mass is 655 g/mol. The quantitative estimate of drug-likeness (QED) is 0.135. The Morgan fingerprint density at radius 3 is 2.34 bits per heavy atom. The van der Waals surface area contributed by atoms with Gasteiger partial charge in [-0.2, -0.15) is 0 Å². The van der Waals surface area contributed by atoms with Gasteiger partial charge < -0.3 is 40.2 Å². The SMILES string of the molecule is COC(=O)CC(NC(=O)CNC(=O)CCCCN(C)c1cc(C)ccn1)c1cc(Cl)c(OCCOCCOCCN)c(Cl)c1. The number of anilines is 1. The summed E-state index contributed by atoms with van der Waals surface area (Å²) in [5.74, 6) is -0.163. The first-order valence-corrected chi connectivity index (χ1v) is 15.1. The molecule has 4 N–H and O–H groups in total. The summed E-state index contributed by atoms with van der Waals surface area (Å²) < 4.78 is 21.1. The lowest BCUT2D eigenvalue weighted by atomic mass is 10.0. The summed E-state index contributed by atoms with van der Waals surface area (Å²) >= 11 is 12.9. The predicted molar refractivity (Wildman–Crippen MR) is 169 cm³/mol. The Kier molecular flexibility index (Phi) is 17.4. The van der Waals surface area contributed by atoms with Gasteiger partial charge in [0.1, 0.15) is 12.4 Å². The Morgan fingerprint density at radius 1 is 1.00 bits per heavy atom. The van der Waals surface area contributed by atoms with Crippen LogP contribution in [0.3, 0.4) is 0 Å². The number of ether oxygens (including phenoxy) is 4. The minimum atomic E-state index is -0.807. The van der Waals surface area contributed by atoms with E-state index in [1.165, 1.54) is 7.11 Å². The van der Waals surface area contributed by atoms with Crippen LogP contribution in [0.4, 0.5) is 5.82 Å². The van der Waals surface area contributed by atoms with Crippen LogP contribution in [0.2, 0.25) is 10.0 Å². The number of nitrogens with zero attached hydrogens (tertiary/aromatic N) is 2. The van der Waals surface area contributed by atoms with Crippen molar-refractivity contribution in [3.8, 4) is 5.75 Å². The highest BCUT2D eigenvalue weighted by atomic mass is 35.5. The van der Waals surface area contributed by atoms with Gasteiger partial charge in [-0.25, -0.2) is 4.98 Å². The zero-order chi connectivity index (χ0) is 32.3. The lowest BCUT2D eigenvalue weighted by Gasteiger charge is -2.20. The van der Waals surface area contributed by atoms with E-state index in [1.54, 1.807) is 18.3 Å². The van der Waals surface area contributed by atoms with Crippen molar-refractivity contribution in [2.75, 3.05) is 71.7 Å². The second-order valence-electron chi connectivity index (χ2n) is 9.92. The molecule has 0 aliphatic rings. The van der Waals surface area contributed by atoms with Gasteiger partial charge in [-0.1, -0.05) is 23.2 Å². The van der Waals surface area contributed by atoms with Crippen LogP contribution in [0.25, 0.3) is 0 Å². The van der Waals surface area contributed by atoms with Gasteiger partial charge in [0.2, 0.25) is 11.8 Å². The standard InChI is InChI=1S/C30H43Cl2N5O7/c1-21-7-9-34-26(16-21)37(2)10-5-4-6-27(38)35-20-28(39)36-25(19-29(40)41-3)22-17-23(31)30(24(32)18-22)44-15-14-43-13-12-42-11-8-33/h7,9,16-18,25H,4-6,8,10-15,19-20,33H2,1-3H3,(H,35,38)(H,36,39). The van der Waals surface area contributed by atoms with Crippen LogP contribution in [-0.2, 0) is 28.6 Å². The third-order valence-corrected chi connectivity index (χ3v) is 6.91. The maximum Gasteiger partial charge on any atom is 0.307 e. The van der Waals surface area contributed by atoms with E-state index in [0.717, 1.165) is 24.3 Å². The van der Waals surface area contributed by atoms with Gasteiger partial charge in [-0.3, -0.25) is 14.4 Å².